The Balaban J connectivity index is 1.82. The summed E-state index contributed by atoms with van der Waals surface area (Å²) >= 11 is 0. The van der Waals surface area contributed by atoms with E-state index >= 15 is 0 Å². The number of carbonyl (C=O) groups is 1. The minimum atomic E-state index is -4.43. The Hall–Kier alpha value is -1.76. The van der Waals surface area contributed by atoms with Crippen molar-refractivity contribution in [1.82, 2.24) is 10.2 Å². The highest BCUT2D eigenvalue weighted by atomic mass is 19.4. The first kappa shape index (κ1) is 15.6. The second-order valence-electron chi connectivity index (χ2n) is 4.97. The molecule has 1 atom stereocenters. The maximum absolute atomic E-state index is 12.3. The second-order valence-corrected chi connectivity index (χ2v) is 4.97. The number of hydrogen-bond donors (Lipinski definition) is 1. The molecular formula is C14H17F3N2O2. The lowest BCUT2D eigenvalue weighted by Crippen LogP contribution is -2.52. The molecule has 2 rings (SSSR count). The molecule has 7 heteroatoms. The molecule has 4 nitrogen and oxygen atoms in total. The summed E-state index contributed by atoms with van der Waals surface area (Å²) in [6, 6.07) is 8.36. The van der Waals surface area contributed by atoms with Crippen LogP contribution in [0.25, 0.3) is 0 Å². The third kappa shape index (κ3) is 5.26. The van der Waals surface area contributed by atoms with Crippen LogP contribution in [0.1, 0.15) is 18.4 Å². The van der Waals surface area contributed by atoms with Crippen LogP contribution in [0.15, 0.2) is 30.3 Å². The van der Waals surface area contributed by atoms with Gasteiger partial charge in [0.1, 0.15) is 6.61 Å². The van der Waals surface area contributed by atoms with Crippen molar-refractivity contribution in [3.05, 3.63) is 35.9 Å². The van der Waals surface area contributed by atoms with E-state index in [0.29, 0.717) is 19.4 Å². The number of amides is 1. The highest BCUT2D eigenvalue weighted by molar-refractivity contribution is 5.67. The average molecular weight is 302 g/mol. The number of halogens is 3. The Morgan fingerprint density at radius 2 is 2.05 bits per heavy atom. The van der Waals surface area contributed by atoms with Crippen LogP contribution < -0.4 is 5.32 Å². The van der Waals surface area contributed by atoms with Crippen molar-refractivity contribution in [1.29, 1.82) is 0 Å². The molecule has 0 unspecified atom stereocenters. The molecule has 116 valence electrons. The Kier molecular flexibility index (Phi) is 5.06. The highest BCUT2D eigenvalue weighted by Crippen LogP contribution is 2.17. The third-order valence-electron chi connectivity index (χ3n) is 3.25. The number of hydrogen-bond acceptors (Lipinski definition) is 3. The molecule has 0 spiro atoms. The first-order valence-corrected chi connectivity index (χ1v) is 6.74. The Bertz CT molecular complexity index is 465. The molecule has 1 amide bonds. The smallest absolute Gasteiger partial charge is 0.445 e. The summed E-state index contributed by atoms with van der Waals surface area (Å²) < 4.78 is 42.0. The van der Waals surface area contributed by atoms with E-state index < -0.39 is 18.4 Å². The zero-order valence-corrected chi connectivity index (χ0v) is 11.4. The van der Waals surface area contributed by atoms with Crippen molar-refractivity contribution < 1.29 is 22.7 Å². The molecule has 0 aliphatic carbocycles. The van der Waals surface area contributed by atoms with Crippen LogP contribution in [-0.2, 0) is 11.3 Å². The van der Waals surface area contributed by atoms with Crippen molar-refractivity contribution >= 4 is 6.09 Å². The van der Waals surface area contributed by atoms with Gasteiger partial charge in [-0.15, -0.1) is 0 Å². The summed E-state index contributed by atoms with van der Waals surface area (Å²) in [4.78, 5) is 13.2. The topological polar surface area (TPSA) is 41.6 Å². The van der Waals surface area contributed by atoms with Crippen LogP contribution >= 0.6 is 0 Å². The molecule has 0 saturated carbocycles. The number of rotatable bonds is 3. The van der Waals surface area contributed by atoms with Crippen molar-refractivity contribution in [2.24, 2.45) is 0 Å². The van der Waals surface area contributed by atoms with E-state index in [0.717, 1.165) is 5.56 Å². The van der Waals surface area contributed by atoms with Gasteiger partial charge in [0.05, 0.1) is 0 Å². The fourth-order valence-corrected chi connectivity index (χ4v) is 2.30. The van der Waals surface area contributed by atoms with Crippen LogP contribution in [-0.4, -0.2) is 36.4 Å². The van der Waals surface area contributed by atoms with Gasteiger partial charge in [-0.3, -0.25) is 0 Å². The monoisotopic (exact) mass is 302 g/mol. The first-order valence-electron chi connectivity index (χ1n) is 6.74. The number of ether oxygens (including phenoxy) is 1. The fraction of sp³-hybridized carbons (Fsp3) is 0.500. The molecule has 1 aliphatic rings. The molecule has 1 aromatic carbocycles. The van der Waals surface area contributed by atoms with Gasteiger partial charge in [-0.05, 0) is 18.4 Å². The fourth-order valence-electron chi connectivity index (χ4n) is 2.30. The average Bonchev–Trinajstić information content (AvgIpc) is 2.44. The number of piperidine rings is 1. The minimum absolute atomic E-state index is 0.00708. The van der Waals surface area contributed by atoms with Gasteiger partial charge in [-0.2, -0.15) is 13.2 Å². The summed E-state index contributed by atoms with van der Waals surface area (Å²) in [5.41, 5.74) is 0.841. The summed E-state index contributed by atoms with van der Waals surface area (Å²) in [7, 11) is 0. The quantitative estimate of drug-likeness (QED) is 0.873. The van der Waals surface area contributed by atoms with Gasteiger partial charge in [0, 0.05) is 19.1 Å². The largest absolute Gasteiger partial charge is 0.457 e. The lowest BCUT2D eigenvalue weighted by molar-refractivity contribution is -0.166. The van der Waals surface area contributed by atoms with Crippen LogP contribution in [0.2, 0.25) is 0 Å². The molecule has 1 fully saturated rings. The number of nitrogens with zero attached hydrogens (tertiary/aromatic N) is 1. The van der Waals surface area contributed by atoms with Gasteiger partial charge in [0.25, 0.3) is 0 Å². The summed E-state index contributed by atoms with van der Waals surface area (Å²) in [5, 5.41) is 1.57. The molecule has 1 aliphatic heterocycles. The van der Waals surface area contributed by atoms with Gasteiger partial charge in [0.15, 0.2) is 0 Å². The van der Waals surface area contributed by atoms with Gasteiger partial charge < -0.3 is 9.64 Å². The van der Waals surface area contributed by atoms with Crippen molar-refractivity contribution in [2.75, 3.05) is 13.1 Å². The molecule has 0 aromatic heterocycles. The number of carbonyl (C=O) groups excluding carboxylic acids is 1. The number of benzene rings is 1. The molecule has 0 radical (unpaired) electrons. The number of nitrogens with one attached hydrogen (secondary N) is 1. The standard InChI is InChI=1S/C14H17F3N2O2/c15-14(16,17)18-12-7-4-8-19(9-12)13(20)21-10-11-5-2-1-3-6-11/h1-3,5-6,12,18H,4,7-10H2/t12-/m1/s1. The first-order chi connectivity index (χ1) is 9.94. The normalized spacial score (nSPS) is 19.4. The van der Waals surface area contributed by atoms with Gasteiger partial charge in [-0.25, -0.2) is 10.1 Å². The number of alkyl halides is 3. The van der Waals surface area contributed by atoms with Crippen LogP contribution in [0, 0.1) is 0 Å². The molecule has 1 heterocycles. The Morgan fingerprint density at radius 1 is 1.33 bits per heavy atom. The predicted octanol–water partition coefficient (Wildman–Crippen LogP) is 2.90. The Labute approximate surface area is 120 Å². The van der Waals surface area contributed by atoms with Gasteiger partial charge in [-0.1, -0.05) is 30.3 Å². The van der Waals surface area contributed by atoms with Crippen molar-refractivity contribution in [3.63, 3.8) is 0 Å². The molecule has 21 heavy (non-hydrogen) atoms. The molecule has 1 N–H and O–H groups in total. The zero-order chi connectivity index (χ0) is 15.3. The lowest BCUT2D eigenvalue weighted by Gasteiger charge is -2.32. The highest BCUT2D eigenvalue weighted by Gasteiger charge is 2.34. The van der Waals surface area contributed by atoms with Crippen LogP contribution in [0.4, 0.5) is 18.0 Å². The maximum atomic E-state index is 12.3. The summed E-state index contributed by atoms with van der Waals surface area (Å²) in [6.45, 7) is 0.546. The van der Waals surface area contributed by atoms with E-state index in [4.69, 9.17) is 4.74 Å². The lowest BCUT2D eigenvalue weighted by atomic mass is 10.1. The van der Waals surface area contributed by atoms with E-state index in [1.54, 1.807) is 5.32 Å². The third-order valence-corrected chi connectivity index (χ3v) is 3.25. The second kappa shape index (κ2) is 6.80. The molecule has 1 saturated heterocycles. The van der Waals surface area contributed by atoms with Crippen LogP contribution in [0.5, 0.6) is 0 Å². The van der Waals surface area contributed by atoms with E-state index in [1.165, 1.54) is 4.90 Å². The summed E-state index contributed by atoms with van der Waals surface area (Å²) in [6.07, 6.45) is -4.09. The minimum Gasteiger partial charge on any atom is -0.445 e. The maximum Gasteiger partial charge on any atom is 0.457 e. The number of likely N-dealkylation sites (tertiary alicyclic amines) is 1. The molecule has 1 aromatic rings. The van der Waals surface area contributed by atoms with E-state index in [-0.39, 0.29) is 13.2 Å². The predicted molar refractivity (Wildman–Crippen MR) is 70.4 cm³/mol. The van der Waals surface area contributed by atoms with E-state index in [2.05, 4.69) is 0 Å². The van der Waals surface area contributed by atoms with E-state index in [9.17, 15) is 18.0 Å². The summed E-state index contributed by atoms with van der Waals surface area (Å²) in [5.74, 6) is 0. The van der Waals surface area contributed by atoms with Gasteiger partial charge in [0.2, 0.25) is 0 Å². The van der Waals surface area contributed by atoms with Gasteiger partial charge >= 0.3 is 12.4 Å². The van der Waals surface area contributed by atoms with Crippen LogP contribution in [0.3, 0.4) is 0 Å². The van der Waals surface area contributed by atoms with Crippen molar-refractivity contribution in [2.45, 2.75) is 31.8 Å². The Morgan fingerprint density at radius 3 is 2.71 bits per heavy atom. The zero-order valence-electron chi connectivity index (χ0n) is 11.4. The van der Waals surface area contributed by atoms with E-state index in [1.807, 2.05) is 30.3 Å². The SMILES string of the molecule is O=C(OCc1ccccc1)N1CCC[C@@H](NC(F)(F)F)C1. The molecule has 0 bridgehead atoms. The molecular weight excluding hydrogens is 285 g/mol. The van der Waals surface area contributed by atoms with Crippen molar-refractivity contribution in [3.8, 4) is 0 Å².